The Balaban J connectivity index is 1.75. The molecule has 7 heteroatoms. The van der Waals surface area contributed by atoms with Crippen LogP contribution in [0.1, 0.15) is 44.0 Å². The zero-order chi connectivity index (χ0) is 21.1. The molecule has 1 N–H and O–H groups in total. The number of amides is 2. The van der Waals surface area contributed by atoms with Gasteiger partial charge in [-0.25, -0.2) is 9.78 Å². The molecule has 0 aliphatic heterocycles. The number of anilines is 1. The van der Waals surface area contributed by atoms with E-state index in [9.17, 15) is 9.59 Å². The van der Waals surface area contributed by atoms with Crippen LogP contribution < -0.4 is 10.2 Å². The summed E-state index contributed by atoms with van der Waals surface area (Å²) in [5.41, 5.74) is 0.539. The molecular weight excluding hydrogens is 390 g/mol. The average molecular weight is 416 g/mol. The lowest BCUT2D eigenvalue weighted by atomic mass is 10.0. The molecule has 0 spiro atoms. The maximum absolute atomic E-state index is 13.2. The van der Waals surface area contributed by atoms with Crippen LogP contribution >= 0.6 is 11.6 Å². The summed E-state index contributed by atoms with van der Waals surface area (Å²) in [6, 6.07) is 12.6. The molecule has 0 bridgehead atoms. The van der Waals surface area contributed by atoms with E-state index in [1.807, 2.05) is 39.0 Å². The van der Waals surface area contributed by atoms with Crippen LogP contribution in [0.15, 0.2) is 48.7 Å². The Hall–Kier alpha value is -2.60. The number of hydrogen-bond acceptors (Lipinski definition) is 4. The van der Waals surface area contributed by atoms with Crippen molar-refractivity contribution in [3.05, 3.63) is 59.4 Å². The number of nitrogens with zero attached hydrogens (tertiary/aromatic N) is 2. The lowest BCUT2D eigenvalue weighted by Crippen LogP contribution is -2.42. The van der Waals surface area contributed by atoms with Crippen molar-refractivity contribution in [2.24, 2.45) is 5.41 Å². The second kappa shape index (κ2) is 8.41. The molecule has 0 saturated heterocycles. The molecule has 1 fully saturated rings. The second-order valence-electron chi connectivity index (χ2n) is 8.45. The fourth-order valence-electron chi connectivity index (χ4n) is 3.02. The number of pyridine rings is 1. The number of alkyl carbamates (subject to hydrolysis) is 1. The lowest BCUT2D eigenvalue weighted by molar-refractivity contribution is 0.0517. The van der Waals surface area contributed by atoms with E-state index < -0.39 is 11.7 Å². The maximum atomic E-state index is 13.2. The summed E-state index contributed by atoms with van der Waals surface area (Å²) in [6.07, 6.45) is 2.99. The number of rotatable bonds is 6. The van der Waals surface area contributed by atoms with Gasteiger partial charge >= 0.3 is 6.09 Å². The Morgan fingerprint density at radius 1 is 1.17 bits per heavy atom. The average Bonchev–Trinajstić information content (AvgIpc) is 3.44. The monoisotopic (exact) mass is 415 g/mol. The van der Waals surface area contributed by atoms with Gasteiger partial charge in [-0.1, -0.05) is 29.8 Å². The van der Waals surface area contributed by atoms with Crippen LogP contribution in [0.25, 0.3) is 0 Å². The molecule has 1 saturated carbocycles. The van der Waals surface area contributed by atoms with E-state index in [-0.39, 0.29) is 11.3 Å². The highest BCUT2D eigenvalue weighted by molar-refractivity contribution is 6.29. The summed E-state index contributed by atoms with van der Waals surface area (Å²) in [4.78, 5) is 31.1. The molecule has 1 aliphatic carbocycles. The normalized spacial score (nSPS) is 14.8. The minimum absolute atomic E-state index is 0.113. The van der Waals surface area contributed by atoms with Crippen molar-refractivity contribution in [1.29, 1.82) is 0 Å². The lowest BCUT2D eigenvalue weighted by Gasteiger charge is -2.28. The number of benzene rings is 1. The first kappa shape index (κ1) is 21.1. The minimum atomic E-state index is -0.551. The van der Waals surface area contributed by atoms with Crippen LogP contribution in [0, 0.1) is 5.41 Å². The molecule has 1 aromatic carbocycles. The molecule has 1 heterocycles. The summed E-state index contributed by atoms with van der Waals surface area (Å²) in [6.45, 7) is 6.40. The van der Waals surface area contributed by atoms with Crippen molar-refractivity contribution in [2.75, 3.05) is 18.0 Å². The van der Waals surface area contributed by atoms with Crippen LogP contribution in [0.2, 0.25) is 5.15 Å². The molecule has 0 radical (unpaired) electrons. The number of carbonyl (C=O) groups is 2. The van der Waals surface area contributed by atoms with Crippen LogP contribution in [-0.2, 0) is 4.74 Å². The zero-order valence-electron chi connectivity index (χ0n) is 16.9. The Morgan fingerprint density at radius 2 is 1.86 bits per heavy atom. The molecule has 2 amide bonds. The molecule has 1 aromatic heterocycles. The molecule has 1 aliphatic rings. The summed E-state index contributed by atoms with van der Waals surface area (Å²) < 4.78 is 5.33. The van der Waals surface area contributed by atoms with E-state index in [2.05, 4.69) is 10.3 Å². The first-order valence-corrected chi connectivity index (χ1v) is 10.0. The van der Waals surface area contributed by atoms with Crippen LogP contribution in [-0.4, -0.2) is 35.7 Å². The molecule has 0 atom stereocenters. The number of halogens is 1. The largest absolute Gasteiger partial charge is 0.444 e. The quantitative estimate of drug-likeness (QED) is 0.695. The Bertz CT molecular complexity index is 859. The predicted molar refractivity (Wildman–Crippen MR) is 113 cm³/mol. The van der Waals surface area contributed by atoms with Gasteiger partial charge in [-0.15, -0.1) is 0 Å². The number of ether oxygens (including phenoxy) is 1. The summed E-state index contributed by atoms with van der Waals surface area (Å²) in [5, 5.41) is 3.22. The molecule has 154 valence electrons. The number of hydrogen-bond donors (Lipinski definition) is 1. The highest BCUT2D eigenvalue weighted by atomic mass is 35.5. The molecule has 2 aromatic rings. The molecule has 3 rings (SSSR count). The minimum Gasteiger partial charge on any atom is -0.444 e. The van der Waals surface area contributed by atoms with Gasteiger partial charge < -0.3 is 15.0 Å². The van der Waals surface area contributed by atoms with Crippen molar-refractivity contribution in [3.8, 4) is 0 Å². The van der Waals surface area contributed by atoms with Gasteiger partial charge in [-0.05, 0) is 57.9 Å². The van der Waals surface area contributed by atoms with Gasteiger partial charge in [0.2, 0.25) is 0 Å². The summed E-state index contributed by atoms with van der Waals surface area (Å²) >= 11 is 5.92. The third-order valence-corrected chi connectivity index (χ3v) is 4.97. The van der Waals surface area contributed by atoms with Gasteiger partial charge in [0.15, 0.2) is 0 Å². The smallest absolute Gasteiger partial charge is 0.407 e. The van der Waals surface area contributed by atoms with Crippen molar-refractivity contribution in [2.45, 2.75) is 39.2 Å². The standard InChI is InChI=1S/C22H26ClN3O3/c1-21(2,3)29-20(28)25-14-22(11-12-22)15-26(17-9-10-18(23)24-13-17)19(27)16-7-5-4-6-8-16/h4-10,13H,11-12,14-15H2,1-3H3,(H,25,28). The first-order chi connectivity index (χ1) is 13.7. The third-order valence-electron chi connectivity index (χ3n) is 4.75. The summed E-state index contributed by atoms with van der Waals surface area (Å²) in [7, 11) is 0. The van der Waals surface area contributed by atoms with Crippen LogP contribution in [0.3, 0.4) is 0 Å². The van der Waals surface area contributed by atoms with Crippen LogP contribution in [0.4, 0.5) is 10.5 Å². The van der Waals surface area contributed by atoms with Crippen LogP contribution in [0.5, 0.6) is 0 Å². The van der Waals surface area contributed by atoms with E-state index in [0.29, 0.717) is 29.5 Å². The first-order valence-electron chi connectivity index (χ1n) is 9.63. The maximum Gasteiger partial charge on any atom is 0.407 e. The van der Waals surface area contributed by atoms with Crippen molar-refractivity contribution >= 4 is 29.3 Å². The fraction of sp³-hybridized carbons (Fsp3) is 0.409. The van der Waals surface area contributed by atoms with E-state index in [0.717, 1.165) is 12.8 Å². The van der Waals surface area contributed by atoms with Gasteiger partial charge in [0.1, 0.15) is 10.8 Å². The SMILES string of the molecule is CC(C)(C)OC(=O)NCC1(CN(C(=O)c2ccccc2)c2ccc(Cl)nc2)CC1. The number of nitrogens with one attached hydrogen (secondary N) is 1. The second-order valence-corrected chi connectivity index (χ2v) is 8.84. The van der Waals surface area contributed by atoms with Gasteiger partial charge in [-0.3, -0.25) is 4.79 Å². The van der Waals surface area contributed by atoms with Gasteiger partial charge in [-0.2, -0.15) is 0 Å². The topological polar surface area (TPSA) is 71.5 Å². The number of aromatic nitrogens is 1. The highest BCUT2D eigenvalue weighted by Gasteiger charge is 2.45. The van der Waals surface area contributed by atoms with Crippen molar-refractivity contribution < 1.29 is 14.3 Å². The van der Waals surface area contributed by atoms with Crippen molar-refractivity contribution in [1.82, 2.24) is 10.3 Å². The molecule has 0 unspecified atom stereocenters. The fourth-order valence-corrected chi connectivity index (χ4v) is 3.13. The van der Waals surface area contributed by atoms with E-state index in [1.54, 1.807) is 35.4 Å². The zero-order valence-corrected chi connectivity index (χ0v) is 17.7. The van der Waals surface area contributed by atoms with E-state index in [4.69, 9.17) is 16.3 Å². The van der Waals surface area contributed by atoms with Gasteiger partial charge in [0.05, 0.1) is 11.9 Å². The molecule has 29 heavy (non-hydrogen) atoms. The van der Waals surface area contributed by atoms with Crippen molar-refractivity contribution in [3.63, 3.8) is 0 Å². The number of carbonyl (C=O) groups excluding carboxylic acids is 2. The van der Waals surface area contributed by atoms with E-state index in [1.165, 1.54) is 0 Å². The Morgan fingerprint density at radius 3 is 2.41 bits per heavy atom. The molecule has 6 nitrogen and oxygen atoms in total. The predicted octanol–water partition coefficient (Wildman–Crippen LogP) is 4.69. The Labute approximate surface area is 176 Å². The van der Waals surface area contributed by atoms with Gasteiger partial charge in [0.25, 0.3) is 5.91 Å². The molecular formula is C22H26ClN3O3. The van der Waals surface area contributed by atoms with E-state index >= 15 is 0 Å². The third kappa shape index (κ3) is 5.94. The Kier molecular flexibility index (Phi) is 6.13. The summed E-state index contributed by atoms with van der Waals surface area (Å²) in [5.74, 6) is -0.113. The highest BCUT2D eigenvalue weighted by Crippen LogP contribution is 2.46. The van der Waals surface area contributed by atoms with Gasteiger partial charge in [0, 0.05) is 24.1 Å².